The van der Waals surface area contributed by atoms with E-state index in [2.05, 4.69) is 12.2 Å². The summed E-state index contributed by atoms with van der Waals surface area (Å²) in [5.74, 6) is 0.105. The number of amides is 1. The number of carbonyl (C=O) groups is 1. The molecule has 1 amide bonds. The number of hydrogen-bond acceptors (Lipinski definition) is 4. The summed E-state index contributed by atoms with van der Waals surface area (Å²) in [5.41, 5.74) is 2.68. The van der Waals surface area contributed by atoms with Crippen molar-refractivity contribution in [3.63, 3.8) is 0 Å². The molecule has 0 atom stereocenters. The number of quaternary nitrogens is 1. The van der Waals surface area contributed by atoms with E-state index < -0.39 is 0 Å². The minimum Gasteiger partial charge on any atom is -0.335 e. The standard InChI is InChI=1S/C26H32N4O2S/c1-2-20-11-13-21(14-12-20)27-24(31)19-33-26-28-23-10-5-4-9-22(23)25(32)30(26)18-8-17-29-15-6-3-7-16-29/h4-5,9-14H,2-3,6-8,15-19H2,1H3,(H,27,31)/p+1. The summed E-state index contributed by atoms with van der Waals surface area (Å²) in [6, 6.07) is 15.3. The maximum absolute atomic E-state index is 13.2. The van der Waals surface area contributed by atoms with E-state index in [9.17, 15) is 9.59 Å². The van der Waals surface area contributed by atoms with Gasteiger partial charge in [-0.25, -0.2) is 4.98 Å². The molecule has 6 nitrogen and oxygen atoms in total. The van der Waals surface area contributed by atoms with Crippen molar-refractivity contribution in [3.8, 4) is 0 Å². The SMILES string of the molecule is CCc1ccc(NC(=O)CSc2nc3ccccc3c(=O)n2CCC[NH+]2CCCCC2)cc1. The maximum atomic E-state index is 13.2. The number of aromatic nitrogens is 2. The summed E-state index contributed by atoms with van der Waals surface area (Å²) in [4.78, 5) is 32.2. The number of para-hydroxylation sites is 1. The summed E-state index contributed by atoms with van der Waals surface area (Å²) in [7, 11) is 0. The molecule has 1 saturated heterocycles. The smallest absolute Gasteiger partial charge is 0.262 e. The van der Waals surface area contributed by atoms with Crippen LogP contribution in [0.15, 0.2) is 58.5 Å². The van der Waals surface area contributed by atoms with Crippen molar-refractivity contribution in [2.45, 2.75) is 50.7 Å². The minimum atomic E-state index is -0.101. The highest BCUT2D eigenvalue weighted by Gasteiger charge is 2.16. The van der Waals surface area contributed by atoms with Gasteiger partial charge in [0.2, 0.25) is 5.91 Å². The second-order valence-corrected chi connectivity index (χ2v) is 9.61. The van der Waals surface area contributed by atoms with Crippen LogP contribution in [0.5, 0.6) is 0 Å². The molecule has 3 aromatic rings. The van der Waals surface area contributed by atoms with Crippen LogP contribution in [-0.2, 0) is 17.8 Å². The Labute approximate surface area is 199 Å². The third-order valence-electron chi connectivity index (χ3n) is 6.28. The Morgan fingerprint density at radius 2 is 1.85 bits per heavy atom. The fourth-order valence-electron chi connectivity index (χ4n) is 4.39. The number of piperidine rings is 1. The van der Waals surface area contributed by atoms with Gasteiger partial charge in [0, 0.05) is 18.7 Å². The molecule has 0 bridgehead atoms. The minimum absolute atomic E-state index is 0.0210. The summed E-state index contributed by atoms with van der Waals surface area (Å²) in [6.07, 6.45) is 5.82. The first-order chi connectivity index (χ1) is 16.1. The number of benzene rings is 2. The summed E-state index contributed by atoms with van der Waals surface area (Å²) in [5, 5.41) is 4.19. The number of anilines is 1. The molecule has 1 aliphatic rings. The Balaban J connectivity index is 1.45. The van der Waals surface area contributed by atoms with Gasteiger partial charge in [0.15, 0.2) is 5.16 Å². The number of thioether (sulfide) groups is 1. The molecule has 2 aromatic carbocycles. The fraction of sp³-hybridized carbons (Fsp3) is 0.423. The maximum Gasteiger partial charge on any atom is 0.262 e. The molecular weight excluding hydrogens is 432 g/mol. The quantitative estimate of drug-likeness (QED) is 0.376. The van der Waals surface area contributed by atoms with Crippen molar-refractivity contribution in [1.29, 1.82) is 0 Å². The zero-order valence-corrected chi connectivity index (χ0v) is 20.1. The van der Waals surface area contributed by atoms with Crippen molar-refractivity contribution in [3.05, 3.63) is 64.4 Å². The van der Waals surface area contributed by atoms with Crippen molar-refractivity contribution >= 4 is 34.3 Å². The Morgan fingerprint density at radius 3 is 2.61 bits per heavy atom. The van der Waals surface area contributed by atoms with E-state index in [1.165, 1.54) is 49.7 Å². The van der Waals surface area contributed by atoms with Crippen LogP contribution in [0.1, 0.15) is 38.2 Å². The summed E-state index contributed by atoms with van der Waals surface area (Å²) in [6.45, 7) is 6.26. The molecule has 0 radical (unpaired) electrons. The molecule has 0 unspecified atom stereocenters. The second-order valence-electron chi connectivity index (χ2n) is 8.67. The molecular formula is C26H33N4O2S+. The van der Waals surface area contributed by atoms with E-state index >= 15 is 0 Å². The van der Waals surface area contributed by atoms with Gasteiger partial charge in [0.05, 0.1) is 36.3 Å². The van der Waals surface area contributed by atoms with Gasteiger partial charge in [0.25, 0.3) is 5.56 Å². The third-order valence-corrected chi connectivity index (χ3v) is 7.25. The zero-order chi connectivity index (χ0) is 23.0. The van der Waals surface area contributed by atoms with Crippen LogP contribution in [0.3, 0.4) is 0 Å². The van der Waals surface area contributed by atoms with Crippen LogP contribution in [0.4, 0.5) is 5.69 Å². The molecule has 174 valence electrons. The highest BCUT2D eigenvalue weighted by Crippen LogP contribution is 2.19. The molecule has 0 aliphatic carbocycles. The highest BCUT2D eigenvalue weighted by molar-refractivity contribution is 7.99. The lowest BCUT2D eigenvalue weighted by atomic mass is 10.1. The molecule has 1 aliphatic heterocycles. The predicted octanol–water partition coefficient (Wildman–Crippen LogP) is 3.15. The van der Waals surface area contributed by atoms with Gasteiger partial charge in [-0.05, 0) is 55.5 Å². The number of hydrogen-bond donors (Lipinski definition) is 2. The monoisotopic (exact) mass is 465 g/mol. The number of carbonyl (C=O) groups excluding carboxylic acids is 1. The van der Waals surface area contributed by atoms with Crippen molar-refractivity contribution in [2.24, 2.45) is 0 Å². The van der Waals surface area contributed by atoms with Gasteiger partial charge in [-0.15, -0.1) is 0 Å². The van der Waals surface area contributed by atoms with E-state index in [1.807, 2.05) is 48.5 Å². The normalized spacial score (nSPS) is 14.5. The average Bonchev–Trinajstić information content (AvgIpc) is 2.85. The number of aryl methyl sites for hydroxylation is 1. The average molecular weight is 466 g/mol. The lowest BCUT2D eigenvalue weighted by Crippen LogP contribution is -3.12. The van der Waals surface area contributed by atoms with Gasteiger partial charge in [-0.2, -0.15) is 0 Å². The zero-order valence-electron chi connectivity index (χ0n) is 19.3. The molecule has 7 heteroatoms. The molecule has 4 rings (SSSR count). The largest absolute Gasteiger partial charge is 0.335 e. The lowest BCUT2D eigenvalue weighted by molar-refractivity contribution is -0.905. The van der Waals surface area contributed by atoms with Crippen LogP contribution in [0, 0.1) is 0 Å². The number of nitrogens with one attached hydrogen (secondary N) is 2. The van der Waals surface area contributed by atoms with Crippen LogP contribution in [0.2, 0.25) is 0 Å². The van der Waals surface area contributed by atoms with E-state index in [-0.39, 0.29) is 17.2 Å². The molecule has 2 heterocycles. The fourth-order valence-corrected chi connectivity index (χ4v) is 5.22. The van der Waals surface area contributed by atoms with Crippen molar-refractivity contribution in [2.75, 3.05) is 30.7 Å². The molecule has 2 N–H and O–H groups in total. The Hall–Kier alpha value is -2.64. The third kappa shape index (κ3) is 6.24. The molecule has 0 saturated carbocycles. The van der Waals surface area contributed by atoms with Gasteiger partial charge in [-0.3, -0.25) is 14.2 Å². The Morgan fingerprint density at radius 1 is 1.09 bits per heavy atom. The lowest BCUT2D eigenvalue weighted by Gasteiger charge is -2.23. The molecule has 33 heavy (non-hydrogen) atoms. The van der Waals surface area contributed by atoms with Gasteiger partial charge in [-0.1, -0.05) is 43.0 Å². The molecule has 1 aromatic heterocycles. The van der Waals surface area contributed by atoms with Crippen molar-refractivity contribution < 1.29 is 9.69 Å². The van der Waals surface area contributed by atoms with Gasteiger partial charge in [0.1, 0.15) is 0 Å². The Kier molecular flexibility index (Phi) is 8.18. The topological polar surface area (TPSA) is 68.4 Å². The summed E-state index contributed by atoms with van der Waals surface area (Å²) < 4.78 is 1.76. The van der Waals surface area contributed by atoms with E-state index in [0.717, 1.165) is 25.1 Å². The van der Waals surface area contributed by atoms with Crippen LogP contribution >= 0.6 is 11.8 Å². The predicted molar refractivity (Wildman–Crippen MR) is 135 cm³/mol. The van der Waals surface area contributed by atoms with Gasteiger partial charge < -0.3 is 10.2 Å². The van der Waals surface area contributed by atoms with Crippen molar-refractivity contribution in [1.82, 2.24) is 9.55 Å². The number of fused-ring (bicyclic) bond motifs is 1. The van der Waals surface area contributed by atoms with Gasteiger partial charge >= 0.3 is 0 Å². The first-order valence-corrected chi connectivity index (χ1v) is 13.0. The van der Waals surface area contributed by atoms with Crippen LogP contribution in [-0.4, -0.2) is 40.8 Å². The number of rotatable bonds is 9. The first kappa shape index (κ1) is 23.5. The van der Waals surface area contributed by atoms with Crippen LogP contribution in [0.25, 0.3) is 10.9 Å². The Bertz CT molecular complexity index is 1140. The first-order valence-electron chi connectivity index (χ1n) is 12.0. The number of nitrogens with zero attached hydrogens (tertiary/aromatic N) is 2. The van der Waals surface area contributed by atoms with E-state index in [4.69, 9.17) is 4.98 Å². The second kappa shape index (κ2) is 11.5. The van der Waals surface area contributed by atoms with E-state index in [0.29, 0.717) is 22.6 Å². The molecule has 1 fully saturated rings. The summed E-state index contributed by atoms with van der Waals surface area (Å²) >= 11 is 1.33. The van der Waals surface area contributed by atoms with E-state index in [1.54, 1.807) is 9.47 Å². The molecule has 0 spiro atoms. The van der Waals surface area contributed by atoms with Crippen LogP contribution < -0.4 is 15.8 Å². The number of likely N-dealkylation sites (tertiary alicyclic amines) is 1. The highest BCUT2D eigenvalue weighted by atomic mass is 32.2.